The zero-order valence-electron chi connectivity index (χ0n) is 16.0. The number of nitrogens with zero attached hydrogens (tertiary/aromatic N) is 1. The van der Waals surface area contributed by atoms with Crippen molar-refractivity contribution in [3.63, 3.8) is 0 Å². The smallest absolute Gasteiger partial charge is 0.228 e. The molecule has 0 N–H and O–H groups in total. The number of aromatic carboxylic acids is 1. The molecule has 0 amide bonds. The summed E-state index contributed by atoms with van der Waals surface area (Å²) in [5.74, 6) is -1.10. The van der Waals surface area contributed by atoms with Crippen molar-refractivity contribution in [1.82, 2.24) is 4.98 Å². The Kier molecular flexibility index (Phi) is 5.56. The average Bonchev–Trinajstić information content (AvgIpc) is 3.01. The lowest BCUT2D eigenvalue weighted by Crippen LogP contribution is -2.23. The second-order valence-corrected chi connectivity index (χ2v) is 9.11. The van der Waals surface area contributed by atoms with Crippen molar-refractivity contribution < 1.29 is 19.4 Å². The molecule has 1 heterocycles. The molecule has 26 heavy (non-hydrogen) atoms. The zero-order valence-corrected chi connectivity index (χ0v) is 16.8. The molecule has 0 aliphatic carbocycles. The van der Waals surface area contributed by atoms with E-state index in [1.807, 2.05) is 12.1 Å². The van der Waals surface area contributed by atoms with Crippen molar-refractivity contribution in [3.8, 4) is 5.75 Å². The van der Waals surface area contributed by atoms with Crippen LogP contribution in [0.5, 0.6) is 5.75 Å². The van der Waals surface area contributed by atoms with Crippen LogP contribution in [0, 0.1) is 0 Å². The molecule has 0 fully saturated rings. The molecule has 0 aliphatic rings. The van der Waals surface area contributed by atoms with Gasteiger partial charge in [0.25, 0.3) is 0 Å². The summed E-state index contributed by atoms with van der Waals surface area (Å²) in [5.41, 5.74) is 1.84. The summed E-state index contributed by atoms with van der Waals surface area (Å²) >= 11 is 0.975. The van der Waals surface area contributed by atoms with E-state index in [2.05, 4.69) is 52.6 Å². The maximum Gasteiger partial charge on any atom is 0.228 e. The van der Waals surface area contributed by atoms with E-state index in [-0.39, 0.29) is 33.9 Å². The van der Waals surface area contributed by atoms with Crippen LogP contribution >= 0.6 is 11.3 Å². The summed E-state index contributed by atoms with van der Waals surface area (Å²) in [7, 11) is 0. The van der Waals surface area contributed by atoms with Gasteiger partial charge in [0.1, 0.15) is 5.75 Å². The lowest BCUT2D eigenvalue weighted by molar-refractivity contribution is -0.255. The maximum absolute atomic E-state index is 12.3. The summed E-state index contributed by atoms with van der Waals surface area (Å²) in [4.78, 5) is 26.8. The van der Waals surface area contributed by atoms with Gasteiger partial charge in [-0.05, 0) is 28.0 Å². The minimum Gasteiger partial charge on any atom is -0.543 e. The summed E-state index contributed by atoms with van der Waals surface area (Å²) in [6, 6.07) is 6.02. The predicted octanol–water partition coefficient (Wildman–Crippen LogP) is 3.36. The fourth-order valence-corrected chi connectivity index (χ4v) is 3.12. The number of carboxylic acid groups (broad SMARTS) is 1. The molecule has 140 valence electrons. The van der Waals surface area contributed by atoms with Crippen molar-refractivity contribution in [2.75, 3.05) is 6.61 Å². The van der Waals surface area contributed by atoms with E-state index in [4.69, 9.17) is 4.74 Å². The number of rotatable bonds is 5. The van der Waals surface area contributed by atoms with E-state index in [9.17, 15) is 14.7 Å². The maximum atomic E-state index is 12.3. The summed E-state index contributed by atoms with van der Waals surface area (Å²) in [5, 5.41) is 12.2. The van der Waals surface area contributed by atoms with Crippen LogP contribution in [0.25, 0.3) is 0 Å². The summed E-state index contributed by atoms with van der Waals surface area (Å²) < 4.78 is 5.77. The number of ketones is 1. The van der Waals surface area contributed by atoms with Crippen LogP contribution in [-0.2, 0) is 10.8 Å². The molecule has 2 rings (SSSR count). The molecular weight excluding hydrogens is 350 g/mol. The highest BCUT2D eigenvalue weighted by Gasteiger charge is 2.23. The second-order valence-electron chi connectivity index (χ2n) is 8.25. The normalized spacial score (nSPS) is 12.1. The van der Waals surface area contributed by atoms with E-state index in [0.29, 0.717) is 5.75 Å². The van der Waals surface area contributed by atoms with Crippen molar-refractivity contribution in [2.24, 2.45) is 0 Å². The fourth-order valence-electron chi connectivity index (χ4n) is 2.41. The quantitative estimate of drug-likeness (QED) is 0.750. The molecule has 1 aromatic heterocycles. The SMILES string of the molecule is CC(C)(C)c1ccc(OCC(=O)c2nc(C(=O)[O-])cs2)c(C(C)(C)C)c1. The Bertz CT molecular complexity index is 825. The topological polar surface area (TPSA) is 79.3 Å². The molecule has 0 atom stereocenters. The molecule has 0 spiro atoms. The number of benzene rings is 1. The van der Waals surface area contributed by atoms with E-state index in [1.165, 1.54) is 10.9 Å². The Balaban J connectivity index is 2.23. The van der Waals surface area contributed by atoms with Gasteiger partial charge in [0.15, 0.2) is 11.6 Å². The molecule has 0 saturated carbocycles. The number of thiazole rings is 1. The minimum absolute atomic E-state index is 0.0104. The van der Waals surface area contributed by atoms with Gasteiger partial charge in [0.2, 0.25) is 5.78 Å². The van der Waals surface area contributed by atoms with Crippen molar-refractivity contribution >= 4 is 23.1 Å². The monoisotopic (exact) mass is 374 g/mol. The first-order valence-corrected chi connectivity index (χ1v) is 9.25. The highest BCUT2D eigenvalue weighted by molar-refractivity contribution is 7.12. The fraction of sp³-hybridized carbons (Fsp3) is 0.450. The lowest BCUT2D eigenvalue weighted by Gasteiger charge is -2.27. The molecule has 0 radical (unpaired) electrons. The van der Waals surface area contributed by atoms with Crippen LogP contribution in [0.4, 0.5) is 0 Å². The standard InChI is InChI=1S/C20H25NO4S/c1-19(2,3)12-7-8-16(13(9-12)20(4,5)6)25-10-15(22)17-21-14(11-26-17)18(23)24/h7-9,11H,10H2,1-6H3,(H,23,24)/p-1. The molecule has 1 aromatic carbocycles. The third kappa shape index (κ3) is 4.69. The number of aromatic nitrogens is 1. The number of carbonyl (C=O) groups is 2. The van der Waals surface area contributed by atoms with Gasteiger partial charge in [0.05, 0.1) is 11.7 Å². The number of carboxylic acids is 1. The van der Waals surface area contributed by atoms with Crippen LogP contribution in [-0.4, -0.2) is 23.3 Å². The Hall–Kier alpha value is -2.21. The number of hydrogen-bond donors (Lipinski definition) is 0. The average molecular weight is 374 g/mol. The first kappa shape index (κ1) is 20.1. The number of Topliss-reactive ketones (excluding diaryl/α,β-unsaturated/α-hetero) is 1. The summed E-state index contributed by atoms with van der Waals surface area (Å²) in [6.07, 6.45) is 0. The number of carbonyl (C=O) groups excluding carboxylic acids is 2. The van der Waals surface area contributed by atoms with Crippen molar-refractivity contribution in [1.29, 1.82) is 0 Å². The van der Waals surface area contributed by atoms with Gasteiger partial charge in [-0.2, -0.15) is 0 Å². The largest absolute Gasteiger partial charge is 0.543 e. The molecule has 0 saturated heterocycles. The third-order valence-corrected chi connectivity index (χ3v) is 4.85. The molecule has 5 nitrogen and oxygen atoms in total. The Morgan fingerprint density at radius 1 is 1.12 bits per heavy atom. The van der Waals surface area contributed by atoms with Gasteiger partial charge < -0.3 is 14.6 Å². The van der Waals surface area contributed by atoms with E-state index in [1.54, 1.807) is 0 Å². The second kappa shape index (κ2) is 7.19. The highest BCUT2D eigenvalue weighted by atomic mass is 32.1. The van der Waals surface area contributed by atoms with Gasteiger partial charge in [-0.3, -0.25) is 4.79 Å². The Labute approximate surface area is 158 Å². The lowest BCUT2D eigenvalue weighted by atomic mass is 9.80. The summed E-state index contributed by atoms with van der Waals surface area (Å²) in [6.45, 7) is 12.5. The molecule has 0 bridgehead atoms. The van der Waals surface area contributed by atoms with Gasteiger partial charge in [0, 0.05) is 5.38 Å². The molecule has 0 aliphatic heterocycles. The molecule has 6 heteroatoms. The number of ether oxygens (including phenoxy) is 1. The van der Waals surface area contributed by atoms with Crippen LogP contribution in [0.2, 0.25) is 0 Å². The van der Waals surface area contributed by atoms with Gasteiger partial charge in [-0.15, -0.1) is 11.3 Å². The first-order chi connectivity index (χ1) is 11.9. The van der Waals surface area contributed by atoms with Gasteiger partial charge in [-0.1, -0.05) is 53.7 Å². The zero-order chi connectivity index (χ0) is 19.7. The van der Waals surface area contributed by atoms with Crippen LogP contribution < -0.4 is 9.84 Å². The van der Waals surface area contributed by atoms with E-state index < -0.39 is 5.97 Å². The van der Waals surface area contributed by atoms with Crippen LogP contribution in [0.1, 0.15) is 73.0 Å². The molecule has 2 aromatic rings. The number of hydrogen-bond acceptors (Lipinski definition) is 6. The van der Waals surface area contributed by atoms with Crippen LogP contribution in [0.15, 0.2) is 23.6 Å². The van der Waals surface area contributed by atoms with Crippen molar-refractivity contribution in [2.45, 2.75) is 52.4 Å². The van der Waals surface area contributed by atoms with Crippen LogP contribution in [0.3, 0.4) is 0 Å². The first-order valence-electron chi connectivity index (χ1n) is 8.37. The van der Waals surface area contributed by atoms with E-state index in [0.717, 1.165) is 16.9 Å². The third-order valence-electron chi connectivity index (χ3n) is 3.96. The van der Waals surface area contributed by atoms with Gasteiger partial charge >= 0.3 is 0 Å². The van der Waals surface area contributed by atoms with Gasteiger partial charge in [-0.25, -0.2) is 4.98 Å². The van der Waals surface area contributed by atoms with E-state index >= 15 is 0 Å². The molecule has 0 unspecified atom stereocenters. The molecular formula is C20H24NO4S-. The minimum atomic E-state index is -1.39. The Morgan fingerprint density at radius 3 is 2.27 bits per heavy atom. The Morgan fingerprint density at radius 2 is 1.77 bits per heavy atom. The predicted molar refractivity (Wildman–Crippen MR) is 100 cm³/mol. The highest BCUT2D eigenvalue weighted by Crippen LogP contribution is 2.35. The van der Waals surface area contributed by atoms with Crippen molar-refractivity contribution in [3.05, 3.63) is 45.4 Å².